The lowest BCUT2D eigenvalue weighted by Crippen LogP contribution is -2.31. The Morgan fingerprint density at radius 1 is 1.35 bits per heavy atom. The van der Waals surface area contributed by atoms with Gasteiger partial charge in [-0.2, -0.15) is 0 Å². The Morgan fingerprint density at radius 2 is 2.06 bits per heavy atom. The van der Waals surface area contributed by atoms with E-state index in [1.165, 1.54) is 5.56 Å². The lowest BCUT2D eigenvalue weighted by Gasteiger charge is -2.16. The fourth-order valence-corrected chi connectivity index (χ4v) is 1.83. The van der Waals surface area contributed by atoms with Gasteiger partial charge in [-0.05, 0) is 31.4 Å². The first-order chi connectivity index (χ1) is 8.22. The number of primary amides is 1. The van der Waals surface area contributed by atoms with Crippen LogP contribution >= 0.6 is 0 Å². The summed E-state index contributed by atoms with van der Waals surface area (Å²) in [6.07, 6.45) is 3.41. The molecule has 0 saturated heterocycles. The first-order valence-corrected chi connectivity index (χ1v) is 6.28. The van der Waals surface area contributed by atoms with Crippen LogP contribution < -0.4 is 11.1 Å². The summed E-state index contributed by atoms with van der Waals surface area (Å²) >= 11 is 0. The number of carbonyl (C=O) groups is 1. The van der Waals surface area contributed by atoms with Gasteiger partial charge in [0.2, 0.25) is 5.91 Å². The van der Waals surface area contributed by atoms with Gasteiger partial charge in [0.15, 0.2) is 0 Å². The lowest BCUT2D eigenvalue weighted by molar-refractivity contribution is -0.118. The van der Waals surface area contributed by atoms with Crippen molar-refractivity contribution in [2.75, 3.05) is 6.54 Å². The molecule has 0 bridgehead atoms. The van der Waals surface area contributed by atoms with Crippen LogP contribution in [0.2, 0.25) is 0 Å². The number of nitrogens with two attached hydrogens (primary N) is 1. The third kappa shape index (κ3) is 6.07. The molecule has 1 unspecified atom stereocenters. The van der Waals surface area contributed by atoms with E-state index in [2.05, 4.69) is 36.5 Å². The van der Waals surface area contributed by atoms with Crippen LogP contribution in [0.4, 0.5) is 0 Å². The first-order valence-electron chi connectivity index (χ1n) is 6.28. The van der Waals surface area contributed by atoms with Crippen LogP contribution in [0.3, 0.4) is 0 Å². The first kappa shape index (κ1) is 13.7. The molecule has 3 heteroatoms. The number of benzene rings is 1. The molecule has 1 aromatic carbocycles. The molecule has 0 spiro atoms. The van der Waals surface area contributed by atoms with Gasteiger partial charge in [0.25, 0.3) is 0 Å². The van der Waals surface area contributed by atoms with E-state index in [-0.39, 0.29) is 5.91 Å². The average Bonchev–Trinajstić information content (AvgIpc) is 2.34. The van der Waals surface area contributed by atoms with E-state index in [0.29, 0.717) is 12.5 Å². The number of carbonyl (C=O) groups excluding carboxylic acids is 1. The summed E-state index contributed by atoms with van der Waals surface area (Å²) < 4.78 is 0. The monoisotopic (exact) mass is 234 g/mol. The minimum Gasteiger partial charge on any atom is -0.370 e. The van der Waals surface area contributed by atoms with Crippen LogP contribution in [-0.4, -0.2) is 18.5 Å². The minimum absolute atomic E-state index is 0.220. The van der Waals surface area contributed by atoms with E-state index in [1.807, 2.05) is 6.07 Å². The molecule has 1 aromatic rings. The van der Waals surface area contributed by atoms with Gasteiger partial charge >= 0.3 is 0 Å². The largest absolute Gasteiger partial charge is 0.370 e. The molecule has 17 heavy (non-hydrogen) atoms. The average molecular weight is 234 g/mol. The normalized spacial score (nSPS) is 12.3. The van der Waals surface area contributed by atoms with E-state index < -0.39 is 0 Å². The zero-order valence-corrected chi connectivity index (χ0v) is 10.5. The molecule has 0 radical (unpaired) electrons. The second-order valence-corrected chi connectivity index (χ2v) is 4.32. The molecule has 1 rings (SSSR count). The molecule has 1 atom stereocenters. The highest BCUT2D eigenvalue weighted by atomic mass is 16.1. The van der Waals surface area contributed by atoms with Crippen molar-refractivity contribution < 1.29 is 4.79 Å². The molecular weight excluding hydrogens is 212 g/mol. The van der Waals surface area contributed by atoms with Gasteiger partial charge in [0, 0.05) is 12.5 Å². The summed E-state index contributed by atoms with van der Waals surface area (Å²) in [6, 6.07) is 10.9. The van der Waals surface area contributed by atoms with Gasteiger partial charge in [-0.25, -0.2) is 0 Å². The van der Waals surface area contributed by atoms with Gasteiger partial charge in [-0.1, -0.05) is 37.3 Å². The molecular formula is C14H22N2O. The smallest absolute Gasteiger partial charge is 0.217 e. The molecule has 3 nitrogen and oxygen atoms in total. The van der Waals surface area contributed by atoms with E-state index in [1.54, 1.807) is 0 Å². The summed E-state index contributed by atoms with van der Waals surface area (Å²) in [6.45, 7) is 3.03. The number of rotatable bonds is 8. The second kappa shape index (κ2) is 7.85. The second-order valence-electron chi connectivity index (χ2n) is 4.32. The maximum absolute atomic E-state index is 10.6. The van der Waals surface area contributed by atoms with Crippen molar-refractivity contribution in [2.24, 2.45) is 5.73 Å². The third-order valence-electron chi connectivity index (χ3n) is 2.85. The standard InChI is InChI=1S/C14H22N2O/c1-2-13(16-10-6-9-14(15)17)11-12-7-4-3-5-8-12/h3-5,7-8,13,16H,2,6,9-11H2,1H3,(H2,15,17). The van der Waals surface area contributed by atoms with Crippen molar-refractivity contribution in [3.05, 3.63) is 35.9 Å². The summed E-state index contributed by atoms with van der Waals surface area (Å²) in [4.78, 5) is 10.6. The van der Waals surface area contributed by atoms with Crippen molar-refractivity contribution >= 4 is 5.91 Å². The summed E-state index contributed by atoms with van der Waals surface area (Å²) in [5, 5.41) is 3.47. The van der Waals surface area contributed by atoms with Gasteiger partial charge in [0.05, 0.1) is 0 Å². The van der Waals surface area contributed by atoms with Crippen LogP contribution in [0.1, 0.15) is 31.7 Å². The molecule has 0 aliphatic carbocycles. The fourth-order valence-electron chi connectivity index (χ4n) is 1.83. The molecule has 0 aliphatic rings. The van der Waals surface area contributed by atoms with Gasteiger partial charge in [-0.15, -0.1) is 0 Å². The van der Waals surface area contributed by atoms with Gasteiger partial charge in [0.1, 0.15) is 0 Å². The molecule has 94 valence electrons. The Labute approximate surface area is 103 Å². The lowest BCUT2D eigenvalue weighted by atomic mass is 10.0. The van der Waals surface area contributed by atoms with Crippen LogP contribution in [-0.2, 0) is 11.2 Å². The summed E-state index contributed by atoms with van der Waals surface area (Å²) in [5.74, 6) is -0.220. The van der Waals surface area contributed by atoms with Crippen LogP contribution in [0.15, 0.2) is 30.3 Å². The molecule has 1 amide bonds. The minimum atomic E-state index is -0.220. The Hall–Kier alpha value is -1.35. The third-order valence-corrected chi connectivity index (χ3v) is 2.85. The zero-order valence-electron chi connectivity index (χ0n) is 10.5. The van der Waals surface area contributed by atoms with E-state index in [4.69, 9.17) is 5.73 Å². The van der Waals surface area contributed by atoms with Crippen LogP contribution in [0.25, 0.3) is 0 Å². The zero-order chi connectivity index (χ0) is 12.5. The van der Waals surface area contributed by atoms with Crippen LogP contribution in [0, 0.1) is 0 Å². The highest BCUT2D eigenvalue weighted by molar-refractivity contribution is 5.73. The molecule has 0 aliphatic heterocycles. The summed E-state index contributed by atoms with van der Waals surface area (Å²) in [7, 11) is 0. The van der Waals surface area contributed by atoms with E-state index >= 15 is 0 Å². The van der Waals surface area contributed by atoms with Crippen molar-refractivity contribution in [3.63, 3.8) is 0 Å². The maximum atomic E-state index is 10.6. The maximum Gasteiger partial charge on any atom is 0.217 e. The highest BCUT2D eigenvalue weighted by Gasteiger charge is 2.06. The quantitative estimate of drug-likeness (QED) is 0.675. The van der Waals surface area contributed by atoms with Crippen molar-refractivity contribution in [1.29, 1.82) is 0 Å². The molecule has 0 fully saturated rings. The SMILES string of the molecule is CCC(Cc1ccccc1)NCCCC(N)=O. The number of amides is 1. The Morgan fingerprint density at radius 3 is 2.65 bits per heavy atom. The summed E-state index contributed by atoms with van der Waals surface area (Å²) in [5.41, 5.74) is 6.45. The molecule has 0 saturated carbocycles. The topological polar surface area (TPSA) is 55.1 Å². The predicted octanol–water partition coefficient (Wildman–Crippen LogP) is 1.86. The van der Waals surface area contributed by atoms with Gasteiger partial charge in [-0.3, -0.25) is 4.79 Å². The number of hydrogen-bond acceptors (Lipinski definition) is 2. The van der Waals surface area contributed by atoms with Crippen molar-refractivity contribution in [1.82, 2.24) is 5.32 Å². The Kier molecular flexibility index (Phi) is 6.33. The van der Waals surface area contributed by atoms with E-state index in [9.17, 15) is 4.79 Å². The van der Waals surface area contributed by atoms with Gasteiger partial charge < -0.3 is 11.1 Å². The molecule has 0 heterocycles. The number of hydrogen-bond donors (Lipinski definition) is 2. The highest BCUT2D eigenvalue weighted by Crippen LogP contribution is 2.05. The Bertz CT molecular complexity index is 324. The Balaban J connectivity index is 2.27. The molecule has 3 N–H and O–H groups in total. The number of nitrogens with one attached hydrogen (secondary N) is 1. The van der Waals surface area contributed by atoms with Crippen molar-refractivity contribution in [2.45, 2.75) is 38.6 Å². The van der Waals surface area contributed by atoms with Crippen molar-refractivity contribution in [3.8, 4) is 0 Å². The van der Waals surface area contributed by atoms with Crippen LogP contribution in [0.5, 0.6) is 0 Å². The predicted molar refractivity (Wildman–Crippen MR) is 70.7 cm³/mol. The van der Waals surface area contributed by atoms with E-state index in [0.717, 1.165) is 25.8 Å². The fraction of sp³-hybridized carbons (Fsp3) is 0.500. The molecule has 0 aromatic heterocycles.